The van der Waals surface area contributed by atoms with Crippen molar-refractivity contribution in [2.45, 2.75) is 51.0 Å². The average Bonchev–Trinajstić information content (AvgIpc) is 2.57. The Labute approximate surface area is 105 Å². The van der Waals surface area contributed by atoms with E-state index in [1.165, 1.54) is 24.8 Å². The summed E-state index contributed by atoms with van der Waals surface area (Å²) in [5.74, 6) is 0. The van der Waals surface area contributed by atoms with Crippen LogP contribution in [0.4, 0.5) is 0 Å². The molecule has 1 atom stereocenters. The lowest BCUT2D eigenvalue weighted by Crippen LogP contribution is -2.33. The Morgan fingerprint density at radius 1 is 1.35 bits per heavy atom. The van der Waals surface area contributed by atoms with E-state index in [-0.39, 0.29) is 0 Å². The lowest BCUT2D eigenvalue weighted by atomic mass is 9.89. The predicted octanol–water partition coefficient (Wildman–Crippen LogP) is 2.25. The van der Waals surface area contributed by atoms with Gasteiger partial charge in [0.15, 0.2) is 0 Å². The zero-order chi connectivity index (χ0) is 12.6. The minimum absolute atomic E-state index is 0.635. The minimum atomic E-state index is -0.635. The van der Waals surface area contributed by atoms with E-state index in [9.17, 15) is 5.11 Å². The van der Waals surface area contributed by atoms with Crippen LogP contribution in [-0.4, -0.2) is 37.5 Å². The third-order valence-corrected chi connectivity index (χ3v) is 3.50. The third-order valence-electron chi connectivity index (χ3n) is 3.50. The molecule has 0 aliphatic heterocycles. The quantitative estimate of drug-likeness (QED) is 0.530. The van der Waals surface area contributed by atoms with Gasteiger partial charge < -0.3 is 15.2 Å². The number of allylic oxidation sites excluding steroid dienone is 1. The fourth-order valence-corrected chi connectivity index (χ4v) is 2.30. The van der Waals surface area contributed by atoms with Crippen LogP contribution in [0, 0.1) is 0 Å². The Hall–Kier alpha value is -0.380. The van der Waals surface area contributed by atoms with Crippen LogP contribution in [0.2, 0.25) is 0 Å². The number of methoxy groups -OCH3 is 1. The normalized spacial score (nSPS) is 20.5. The summed E-state index contributed by atoms with van der Waals surface area (Å²) in [5, 5.41) is 13.8. The van der Waals surface area contributed by atoms with E-state index in [1.54, 1.807) is 7.11 Å². The van der Waals surface area contributed by atoms with E-state index >= 15 is 0 Å². The molecule has 1 aliphatic rings. The van der Waals surface area contributed by atoms with Crippen molar-refractivity contribution in [3.63, 3.8) is 0 Å². The summed E-state index contributed by atoms with van der Waals surface area (Å²) in [6.45, 7) is 4.37. The van der Waals surface area contributed by atoms with E-state index in [0.717, 1.165) is 39.0 Å². The lowest BCUT2D eigenvalue weighted by molar-refractivity contribution is 0.0842. The molecule has 0 heterocycles. The molecule has 100 valence electrons. The molecule has 0 saturated carbocycles. The van der Waals surface area contributed by atoms with Gasteiger partial charge in [-0.3, -0.25) is 0 Å². The highest BCUT2D eigenvalue weighted by Crippen LogP contribution is 2.28. The molecule has 0 aromatic rings. The van der Waals surface area contributed by atoms with E-state index < -0.39 is 5.60 Å². The Balaban J connectivity index is 2.30. The second-order valence-electron chi connectivity index (χ2n) is 5.10. The molecule has 0 fully saturated rings. The molecule has 0 bridgehead atoms. The van der Waals surface area contributed by atoms with Crippen LogP contribution in [0.3, 0.4) is 0 Å². The molecule has 3 nitrogen and oxygen atoms in total. The summed E-state index contributed by atoms with van der Waals surface area (Å²) in [5.41, 5.74) is 0.605. The van der Waals surface area contributed by atoms with Gasteiger partial charge in [-0.1, -0.05) is 12.5 Å². The highest BCUT2D eigenvalue weighted by Gasteiger charge is 2.25. The molecule has 0 aromatic heterocycles. The minimum Gasteiger partial charge on any atom is -0.386 e. The molecule has 1 unspecified atom stereocenters. The summed E-state index contributed by atoms with van der Waals surface area (Å²) in [4.78, 5) is 0. The number of rotatable bonds is 7. The smallest absolute Gasteiger partial charge is 0.0840 e. The highest BCUT2D eigenvalue weighted by molar-refractivity contribution is 5.16. The molecular weight excluding hydrogens is 214 g/mol. The van der Waals surface area contributed by atoms with Gasteiger partial charge >= 0.3 is 0 Å². The van der Waals surface area contributed by atoms with Crippen LogP contribution >= 0.6 is 0 Å². The van der Waals surface area contributed by atoms with E-state index in [4.69, 9.17) is 4.74 Å². The van der Waals surface area contributed by atoms with Gasteiger partial charge in [-0.05, 0) is 51.1 Å². The van der Waals surface area contributed by atoms with Gasteiger partial charge in [0.05, 0.1) is 12.2 Å². The topological polar surface area (TPSA) is 41.5 Å². The van der Waals surface area contributed by atoms with Crippen molar-refractivity contribution in [1.29, 1.82) is 0 Å². The zero-order valence-corrected chi connectivity index (χ0v) is 11.3. The molecule has 1 rings (SSSR count). The summed E-state index contributed by atoms with van der Waals surface area (Å²) in [7, 11) is 1.70. The number of aliphatic hydroxyl groups is 1. The van der Waals surface area contributed by atoms with Crippen molar-refractivity contribution in [3.05, 3.63) is 11.6 Å². The van der Waals surface area contributed by atoms with E-state index in [0.29, 0.717) is 0 Å². The molecule has 0 saturated heterocycles. The maximum absolute atomic E-state index is 10.5. The predicted molar refractivity (Wildman–Crippen MR) is 71.2 cm³/mol. The summed E-state index contributed by atoms with van der Waals surface area (Å²) < 4.78 is 4.97. The van der Waals surface area contributed by atoms with Crippen molar-refractivity contribution in [2.75, 3.05) is 26.8 Å². The first-order chi connectivity index (χ1) is 8.17. The van der Waals surface area contributed by atoms with Gasteiger partial charge in [0.25, 0.3) is 0 Å². The van der Waals surface area contributed by atoms with Crippen molar-refractivity contribution >= 4 is 0 Å². The molecule has 0 spiro atoms. The van der Waals surface area contributed by atoms with Crippen molar-refractivity contribution in [3.8, 4) is 0 Å². The van der Waals surface area contributed by atoms with Gasteiger partial charge in [0.1, 0.15) is 0 Å². The SMILES string of the molecule is COCCNCCC(C)(O)C1=CCCCCC1. The first-order valence-corrected chi connectivity index (χ1v) is 6.78. The Morgan fingerprint density at radius 2 is 2.18 bits per heavy atom. The Bertz CT molecular complexity index is 236. The highest BCUT2D eigenvalue weighted by atomic mass is 16.5. The lowest BCUT2D eigenvalue weighted by Gasteiger charge is -2.27. The summed E-state index contributed by atoms with van der Waals surface area (Å²) in [6, 6.07) is 0. The van der Waals surface area contributed by atoms with Gasteiger partial charge in [-0.15, -0.1) is 0 Å². The number of nitrogens with one attached hydrogen (secondary N) is 1. The summed E-state index contributed by atoms with van der Waals surface area (Å²) in [6.07, 6.45) is 9.01. The van der Waals surface area contributed by atoms with Crippen LogP contribution in [0.25, 0.3) is 0 Å². The second kappa shape index (κ2) is 7.85. The first kappa shape index (κ1) is 14.7. The van der Waals surface area contributed by atoms with E-state index in [1.807, 2.05) is 6.92 Å². The zero-order valence-electron chi connectivity index (χ0n) is 11.3. The third kappa shape index (κ3) is 5.66. The largest absolute Gasteiger partial charge is 0.386 e. The molecular formula is C14H27NO2. The maximum Gasteiger partial charge on any atom is 0.0840 e. The van der Waals surface area contributed by atoms with Gasteiger partial charge in [-0.25, -0.2) is 0 Å². The van der Waals surface area contributed by atoms with Crippen LogP contribution in [0.1, 0.15) is 45.4 Å². The second-order valence-corrected chi connectivity index (χ2v) is 5.10. The summed E-state index contributed by atoms with van der Waals surface area (Å²) >= 11 is 0. The van der Waals surface area contributed by atoms with Crippen LogP contribution < -0.4 is 5.32 Å². The fraction of sp³-hybridized carbons (Fsp3) is 0.857. The molecule has 3 heteroatoms. The monoisotopic (exact) mass is 241 g/mol. The molecule has 0 radical (unpaired) electrons. The van der Waals surface area contributed by atoms with Crippen molar-refractivity contribution in [2.24, 2.45) is 0 Å². The fourth-order valence-electron chi connectivity index (χ4n) is 2.30. The molecule has 1 aliphatic carbocycles. The molecule has 2 N–H and O–H groups in total. The van der Waals surface area contributed by atoms with Crippen LogP contribution in [0.5, 0.6) is 0 Å². The average molecular weight is 241 g/mol. The van der Waals surface area contributed by atoms with Crippen molar-refractivity contribution in [1.82, 2.24) is 5.32 Å². The maximum atomic E-state index is 10.5. The van der Waals surface area contributed by atoms with Gasteiger partial charge in [0.2, 0.25) is 0 Å². The molecule has 0 amide bonds. The number of hydrogen-bond donors (Lipinski definition) is 2. The number of ether oxygens (including phenoxy) is 1. The van der Waals surface area contributed by atoms with Gasteiger partial charge in [-0.2, -0.15) is 0 Å². The van der Waals surface area contributed by atoms with Crippen LogP contribution in [-0.2, 0) is 4.74 Å². The first-order valence-electron chi connectivity index (χ1n) is 6.78. The molecule has 17 heavy (non-hydrogen) atoms. The Morgan fingerprint density at radius 3 is 2.94 bits per heavy atom. The number of hydrogen-bond acceptors (Lipinski definition) is 3. The van der Waals surface area contributed by atoms with E-state index in [2.05, 4.69) is 11.4 Å². The standard InChI is InChI=1S/C14H27NO2/c1-14(16,9-10-15-11-12-17-2)13-7-5-3-4-6-8-13/h7,15-16H,3-6,8-12H2,1-2H3. The van der Waals surface area contributed by atoms with Gasteiger partial charge in [0, 0.05) is 13.7 Å². The van der Waals surface area contributed by atoms with Crippen LogP contribution in [0.15, 0.2) is 11.6 Å². The van der Waals surface area contributed by atoms with Crippen molar-refractivity contribution < 1.29 is 9.84 Å². The Kier molecular flexibility index (Phi) is 6.78. The molecule has 0 aromatic carbocycles.